The summed E-state index contributed by atoms with van der Waals surface area (Å²) in [6, 6.07) is 4.60. The molecule has 1 unspecified atom stereocenters. The highest BCUT2D eigenvalue weighted by Gasteiger charge is 2.41. The van der Waals surface area contributed by atoms with Gasteiger partial charge in [-0.05, 0) is 25.5 Å². The van der Waals surface area contributed by atoms with E-state index in [-0.39, 0.29) is 38.1 Å². The predicted octanol–water partition coefficient (Wildman–Crippen LogP) is 3.38. The minimum Gasteiger partial charge on any atom is -0.466 e. The van der Waals surface area contributed by atoms with Crippen molar-refractivity contribution in [2.45, 2.75) is 25.9 Å². The number of hydrogen-bond donors (Lipinski definition) is 2. The van der Waals surface area contributed by atoms with Gasteiger partial charge in [-0.2, -0.15) is 0 Å². The van der Waals surface area contributed by atoms with E-state index in [1.807, 2.05) is 0 Å². The molecule has 0 aromatic heterocycles. The van der Waals surface area contributed by atoms with Crippen LogP contribution in [-0.4, -0.2) is 44.5 Å². The van der Waals surface area contributed by atoms with Gasteiger partial charge in [-0.25, -0.2) is 18.8 Å². The van der Waals surface area contributed by atoms with E-state index < -0.39 is 43.3 Å². The Hall–Kier alpha value is -2.78. The van der Waals surface area contributed by atoms with Crippen molar-refractivity contribution in [3.05, 3.63) is 56.3 Å². The lowest BCUT2D eigenvalue weighted by Gasteiger charge is -2.32. The van der Waals surface area contributed by atoms with E-state index in [2.05, 4.69) is 5.32 Å². The number of nitrogens with one attached hydrogen (secondary N) is 1. The van der Waals surface area contributed by atoms with Crippen molar-refractivity contribution in [2.75, 3.05) is 20.4 Å². The van der Waals surface area contributed by atoms with Gasteiger partial charge in [-0.15, -0.1) is 0 Å². The number of carbonyl (C=O) groups excluding carboxylic acids is 3. The van der Waals surface area contributed by atoms with Crippen LogP contribution in [0, 0.1) is 0 Å². The molecule has 31 heavy (non-hydrogen) atoms. The Labute approximate surface area is 188 Å². The molecule has 0 saturated heterocycles. The van der Waals surface area contributed by atoms with Gasteiger partial charge >= 0.3 is 18.0 Å². The van der Waals surface area contributed by atoms with Crippen LogP contribution in [0.1, 0.15) is 25.3 Å². The SMILES string of the molecule is COC(=O)C1=C(CF)NC(COC(N)=O)=C(C(=O)OC(C)C)C1c1cccc(Cl)c1Cl. The average Bonchev–Trinajstić information content (AvgIpc) is 2.71. The first-order valence-electron chi connectivity index (χ1n) is 9.06. The second-order valence-electron chi connectivity index (χ2n) is 6.67. The van der Waals surface area contributed by atoms with Crippen molar-refractivity contribution < 1.29 is 33.0 Å². The quantitative estimate of drug-likeness (QED) is 0.459. The second kappa shape index (κ2) is 10.5. The molecule has 0 radical (unpaired) electrons. The molecule has 8 nitrogen and oxygen atoms in total. The lowest BCUT2D eigenvalue weighted by molar-refractivity contribution is -0.143. The highest BCUT2D eigenvalue weighted by Crippen LogP contribution is 2.43. The number of nitrogens with two attached hydrogens (primary N) is 1. The van der Waals surface area contributed by atoms with Gasteiger partial charge in [-0.3, -0.25) is 0 Å². The Kier molecular flexibility index (Phi) is 8.29. The third kappa shape index (κ3) is 5.48. The summed E-state index contributed by atoms with van der Waals surface area (Å²) in [4.78, 5) is 36.8. The highest BCUT2D eigenvalue weighted by molar-refractivity contribution is 6.42. The summed E-state index contributed by atoms with van der Waals surface area (Å²) in [6.07, 6.45) is -1.64. The van der Waals surface area contributed by atoms with Gasteiger partial charge in [0.05, 0.1) is 51.7 Å². The molecule has 2 rings (SSSR count). The highest BCUT2D eigenvalue weighted by atomic mass is 35.5. The van der Waals surface area contributed by atoms with E-state index in [1.54, 1.807) is 19.9 Å². The molecule has 1 aliphatic heterocycles. The van der Waals surface area contributed by atoms with Crippen LogP contribution in [0.15, 0.2) is 40.7 Å². The van der Waals surface area contributed by atoms with E-state index in [0.29, 0.717) is 0 Å². The van der Waals surface area contributed by atoms with Crippen LogP contribution in [0.2, 0.25) is 10.0 Å². The normalized spacial score (nSPS) is 16.2. The zero-order valence-corrected chi connectivity index (χ0v) is 18.5. The number of benzene rings is 1. The maximum atomic E-state index is 13.9. The fourth-order valence-electron chi connectivity index (χ4n) is 3.10. The number of hydrogen-bond acceptors (Lipinski definition) is 7. The maximum absolute atomic E-state index is 13.9. The first-order valence-corrected chi connectivity index (χ1v) is 9.82. The largest absolute Gasteiger partial charge is 0.466 e. The molecule has 1 heterocycles. The maximum Gasteiger partial charge on any atom is 0.404 e. The summed E-state index contributed by atoms with van der Waals surface area (Å²) in [5.74, 6) is -2.96. The first-order chi connectivity index (χ1) is 14.6. The van der Waals surface area contributed by atoms with E-state index in [1.165, 1.54) is 12.1 Å². The van der Waals surface area contributed by atoms with Crippen LogP contribution in [0.4, 0.5) is 9.18 Å². The van der Waals surface area contributed by atoms with Gasteiger partial charge in [0.15, 0.2) is 0 Å². The molecule has 0 spiro atoms. The lowest BCUT2D eigenvalue weighted by atomic mass is 9.80. The van der Waals surface area contributed by atoms with Crippen molar-refractivity contribution in [2.24, 2.45) is 5.73 Å². The van der Waals surface area contributed by atoms with Crippen molar-refractivity contribution in [1.82, 2.24) is 5.32 Å². The zero-order chi connectivity index (χ0) is 23.3. The molecule has 11 heteroatoms. The molecule has 1 aromatic rings. The van der Waals surface area contributed by atoms with Crippen molar-refractivity contribution >= 4 is 41.2 Å². The van der Waals surface area contributed by atoms with Crippen LogP contribution in [0.25, 0.3) is 0 Å². The van der Waals surface area contributed by atoms with Crippen LogP contribution in [0.3, 0.4) is 0 Å². The number of ether oxygens (including phenoxy) is 3. The van der Waals surface area contributed by atoms with E-state index in [0.717, 1.165) is 7.11 Å². The Morgan fingerprint density at radius 2 is 1.81 bits per heavy atom. The molecule has 168 valence electrons. The number of methoxy groups -OCH3 is 1. The predicted molar refractivity (Wildman–Crippen MR) is 111 cm³/mol. The number of dihydropyridines is 1. The second-order valence-corrected chi connectivity index (χ2v) is 7.46. The Morgan fingerprint density at radius 3 is 2.35 bits per heavy atom. The number of allylic oxidation sites excluding steroid dienone is 1. The third-order valence-electron chi connectivity index (χ3n) is 4.28. The molecule has 1 atom stereocenters. The van der Waals surface area contributed by atoms with Gasteiger partial charge in [0.1, 0.15) is 13.3 Å². The topological polar surface area (TPSA) is 117 Å². The van der Waals surface area contributed by atoms with Gasteiger partial charge in [0.2, 0.25) is 0 Å². The molecule has 1 amide bonds. The molecular formula is C20H21Cl2FN2O6. The van der Waals surface area contributed by atoms with E-state index in [4.69, 9.17) is 43.1 Å². The standard InChI is InChI=1S/C20H21Cl2FN2O6/c1-9(2)31-19(27)16-13(8-30-20(24)28)25-12(7-23)15(18(26)29-3)14(16)10-5-4-6-11(21)17(10)22/h4-6,9,14,25H,7-8H2,1-3H3,(H2,24,28). The number of esters is 2. The molecule has 1 aromatic carbocycles. The Bertz CT molecular complexity index is 961. The summed E-state index contributed by atoms with van der Waals surface area (Å²) >= 11 is 12.5. The molecule has 0 saturated carbocycles. The molecule has 3 N–H and O–H groups in total. The monoisotopic (exact) mass is 474 g/mol. The van der Waals surface area contributed by atoms with Crippen LogP contribution in [0.5, 0.6) is 0 Å². The lowest BCUT2D eigenvalue weighted by Crippen LogP contribution is -2.37. The van der Waals surface area contributed by atoms with Gasteiger partial charge in [-0.1, -0.05) is 35.3 Å². The number of amides is 1. The average molecular weight is 475 g/mol. The molecule has 1 aliphatic rings. The summed E-state index contributed by atoms with van der Waals surface area (Å²) in [7, 11) is 1.11. The van der Waals surface area contributed by atoms with Crippen LogP contribution >= 0.6 is 23.2 Å². The summed E-state index contributed by atoms with van der Waals surface area (Å²) in [6.45, 7) is 1.62. The minimum atomic E-state index is -1.22. The summed E-state index contributed by atoms with van der Waals surface area (Å²) in [5.41, 5.74) is 4.72. The summed E-state index contributed by atoms with van der Waals surface area (Å²) in [5, 5.41) is 2.83. The minimum absolute atomic E-state index is 0.0224. The molecule has 0 aliphatic carbocycles. The summed E-state index contributed by atoms with van der Waals surface area (Å²) < 4.78 is 28.9. The number of alkyl halides is 1. The Morgan fingerprint density at radius 1 is 1.16 bits per heavy atom. The molecular weight excluding hydrogens is 454 g/mol. The fraction of sp³-hybridized carbons (Fsp3) is 0.350. The molecule has 0 fully saturated rings. The fourth-order valence-corrected chi connectivity index (χ4v) is 3.51. The zero-order valence-electron chi connectivity index (χ0n) is 17.0. The smallest absolute Gasteiger partial charge is 0.404 e. The van der Waals surface area contributed by atoms with Gasteiger partial charge < -0.3 is 25.3 Å². The van der Waals surface area contributed by atoms with Crippen LogP contribution in [-0.2, 0) is 23.8 Å². The van der Waals surface area contributed by atoms with E-state index in [9.17, 15) is 18.8 Å². The number of carbonyl (C=O) groups is 3. The van der Waals surface area contributed by atoms with Crippen molar-refractivity contribution in [3.8, 4) is 0 Å². The Balaban J connectivity index is 2.83. The van der Waals surface area contributed by atoms with Gasteiger partial charge in [0.25, 0.3) is 0 Å². The van der Waals surface area contributed by atoms with Crippen LogP contribution < -0.4 is 11.1 Å². The number of halogens is 3. The van der Waals surface area contributed by atoms with E-state index >= 15 is 0 Å². The number of rotatable bonds is 7. The number of primary amides is 1. The van der Waals surface area contributed by atoms with Gasteiger partial charge in [0, 0.05) is 0 Å². The van der Waals surface area contributed by atoms with Crippen molar-refractivity contribution in [3.63, 3.8) is 0 Å². The van der Waals surface area contributed by atoms with Crippen molar-refractivity contribution in [1.29, 1.82) is 0 Å². The first kappa shape index (κ1) is 24.5. The molecule has 0 bridgehead atoms. The third-order valence-corrected chi connectivity index (χ3v) is 5.12.